The van der Waals surface area contributed by atoms with Crippen LogP contribution < -0.4 is 14.8 Å². The Balaban J connectivity index is 1.51. The standard InChI is InChI=1S/C26H18ClF5N6O2/c1-39-22-11-34-25(36-24(22)35-20-6-7-33-10-17(20)27)23-15-4-2-3-5-21(15)38(37-23)12-16-18(28)8-14(9-19(16)29)40-13-26(30,31)32/h2-11H,12-13H2,1H3,(H,33,34,35,36). The van der Waals surface area contributed by atoms with Gasteiger partial charge in [-0.15, -0.1) is 0 Å². The lowest BCUT2D eigenvalue weighted by molar-refractivity contribution is -0.153. The first-order chi connectivity index (χ1) is 19.1. The summed E-state index contributed by atoms with van der Waals surface area (Å²) in [5.41, 5.74) is 0.931. The fourth-order valence-electron chi connectivity index (χ4n) is 3.87. The molecule has 3 heterocycles. The Labute approximate surface area is 228 Å². The summed E-state index contributed by atoms with van der Waals surface area (Å²) >= 11 is 6.21. The zero-order valence-electron chi connectivity index (χ0n) is 20.5. The first-order valence-corrected chi connectivity index (χ1v) is 11.9. The van der Waals surface area contributed by atoms with E-state index in [1.165, 1.54) is 24.2 Å². The predicted octanol–water partition coefficient (Wildman–Crippen LogP) is 6.56. The third kappa shape index (κ3) is 5.73. The van der Waals surface area contributed by atoms with Crippen LogP contribution in [0, 0.1) is 11.6 Å². The fraction of sp³-hybridized carbons (Fsp3) is 0.154. The van der Waals surface area contributed by atoms with Crippen LogP contribution in [0.3, 0.4) is 0 Å². The number of pyridine rings is 1. The Morgan fingerprint density at radius 2 is 1.80 bits per heavy atom. The largest absolute Gasteiger partial charge is 0.491 e. The van der Waals surface area contributed by atoms with Gasteiger partial charge in [0, 0.05) is 35.5 Å². The summed E-state index contributed by atoms with van der Waals surface area (Å²) in [5, 5.41) is 8.53. The molecule has 5 aromatic rings. The van der Waals surface area contributed by atoms with Crippen molar-refractivity contribution < 1.29 is 31.4 Å². The van der Waals surface area contributed by atoms with Crippen molar-refractivity contribution in [3.8, 4) is 23.0 Å². The number of para-hydroxylation sites is 1. The van der Waals surface area contributed by atoms with E-state index in [2.05, 4.69) is 30.1 Å². The van der Waals surface area contributed by atoms with E-state index in [9.17, 15) is 22.0 Å². The molecule has 0 fully saturated rings. The van der Waals surface area contributed by atoms with Crippen molar-refractivity contribution in [2.75, 3.05) is 19.0 Å². The fourth-order valence-corrected chi connectivity index (χ4v) is 4.04. The normalized spacial score (nSPS) is 11.6. The second-order valence-corrected chi connectivity index (χ2v) is 8.79. The van der Waals surface area contributed by atoms with Gasteiger partial charge in [0.2, 0.25) is 0 Å². The van der Waals surface area contributed by atoms with Crippen LogP contribution in [-0.4, -0.2) is 44.6 Å². The molecule has 0 saturated carbocycles. The third-order valence-corrected chi connectivity index (χ3v) is 6.00. The van der Waals surface area contributed by atoms with Gasteiger partial charge in [-0.2, -0.15) is 18.3 Å². The maximum Gasteiger partial charge on any atom is 0.422 e. The van der Waals surface area contributed by atoms with E-state index >= 15 is 0 Å². The molecule has 0 bridgehead atoms. The minimum atomic E-state index is -4.65. The number of nitrogens with zero attached hydrogens (tertiary/aromatic N) is 5. The number of nitrogens with one attached hydrogen (secondary N) is 1. The SMILES string of the molecule is COc1cnc(-c2nn(Cc3c(F)cc(OCC(F)(F)F)cc3F)c3ccccc23)nc1Nc1ccncc1Cl. The lowest BCUT2D eigenvalue weighted by atomic mass is 10.1. The smallest absolute Gasteiger partial charge is 0.422 e. The lowest BCUT2D eigenvalue weighted by Crippen LogP contribution is -2.19. The highest BCUT2D eigenvalue weighted by molar-refractivity contribution is 6.33. The molecule has 0 atom stereocenters. The number of ether oxygens (including phenoxy) is 2. The van der Waals surface area contributed by atoms with Crippen molar-refractivity contribution in [1.29, 1.82) is 0 Å². The lowest BCUT2D eigenvalue weighted by Gasteiger charge is -2.12. The summed E-state index contributed by atoms with van der Waals surface area (Å²) in [4.78, 5) is 12.8. The molecule has 0 radical (unpaired) electrons. The number of fused-ring (bicyclic) bond motifs is 1. The molecule has 206 valence electrons. The molecule has 3 aromatic heterocycles. The zero-order chi connectivity index (χ0) is 28.4. The average molecular weight is 577 g/mol. The predicted molar refractivity (Wildman–Crippen MR) is 137 cm³/mol. The zero-order valence-corrected chi connectivity index (χ0v) is 21.3. The van der Waals surface area contributed by atoms with Crippen molar-refractivity contribution in [3.05, 3.63) is 83.3 Å². The first-order valence-electron chi connectivity index (χ1n) is 11.5. The molecule has 8 nitrogen and oxygen atoms in total. The molecule has 0 aliphatic rings. The number of aromatic nitrogens is 5. The van der Waals surface area contributed by atoms with E-state index in [0.717, 1.165) is 0 Å². The van der Waals surface area contributed by atoms with Gasteiger partial charge in [0.05, 0.1) is 36.1 Å². The van der Waals surface area contributed by atoms with Gasteiger partial charge in [0.1, 0.15) is 23.1 Å². The molecule has 2 aromatic carbocycles. The maximum atomic E-state index is 14.8. The summed E-state index contributed by atoms with van der Waals surface area (Å²) < 4.78 is 78.1. The van der Waals surface area contributed by atoms with Gasteiger partial charge in [-0.1, -0.05) is 29.8 Å². The van der Waals surface area contributed by atoms with Crippen molar-refractivity contribution in [2.45, 2.75) is 12.7 Å². The number of anilines is 2. The van der Waals surface area contributed by atoms with Crippen LogP contribution in [0.2, 0.25) is 5.02 Å². The number of halogens is 6. The summed E-state index contributed by atoms with van der Waals surface area (Å²) in [6.45, 7) is -2.05. The highest BCUT2D eigenvalue weighted by Gasteiger charge is 2.29. The summed E-state index contributed by atoms with van der Waals surface area (Å²) in [7, 11) is 1.45. The molecular weight excluding hydrogens is 559 g/mol. The van der Waals surface area contributed by atoms with Gasteiger partial charge in [-0.25, -0.2) is 18.7 Å². The van der Waals surface area contributed by atoms with E-state index in [1.807, 2.05) is 0 Å². The second kappa shape index (κ2) is 10.9. The van der Waals surface area contributed by atoms with Crippen molar-refractivity contribution >= 4 is 34.0 Å². The Morgan fingerprint density at radius 3 is 2.50 bits per heavy atom. The molecule has 0 unspecified atom stereocenters. The van der Waals surface area contributed by atoms with Crippen LogP contribution in [0.15, 0.2) is 61.1 Å². The van der Waals surface area contributed by atoms with Crippen LogP contribution in [-0.2, 0) is 6.54 Å². The van der Waals surface area contributed by atoms with E-state index in [0.29, 0.717) is 45.2 Å². The van der Waals surface area contributed by atoms with Gasteiger partial charge in [0.15, 0.2) is 24.0 Å². The Bertz CT molecular complexity index is 1670. The molecule has 0 aliphatic heterocycles. The van der Waals surface area contributed by atoms with Gasteiger partial charge < -0.3 is 14.8 Å². The van der Waals surface area contributed by atoms with E-state index in [4.69, 9.17) is 16.3 Å². The van der Waals surface area contributed by atoms with Gasteiger partial charge >= 0.3 is 6.18 Å². The maximum absolute atomic E-state index is 14.8. The summed E-state index contributed by atoms with van der Waals surface area (Å²) in [6.07, 6.45) is -0.210. The first kappa shape index (κ1) is 27.1. The van der Waals surface area contributed by atoms with Crippen LogP contribution >= 0.6 is 11.6 Å². The Hall–Kier alpha value is -4.52. The molecule has 0 amide bonds. The molecule has 40 heavy (non-hydrogen) atoms. The Morgan fingerprint density at radius 1 is 1.05 bits per heavy atom. The van der Waals surface area contributed by atoms with Crippen molar-refractivity contribution in [3.63, 3.8) is 0 Å². The van der Waals surface area contributed by atoms with Crippen LogP contribution in [0.1, 0.15) is 5.56 Å². The molecule has 5 rings (SSSR count). The van der Waals surface area contributed by atoms with Gasteiger partial charge in [-0.3, -0.25) is 9.67 Å². The minimum absolute atomic E-state index is 0.181. The highest BCUT2D eigenvalue weighted by Crippen LogP contribution is 2.33. The molecule has 0 saturated heterocycles. The summed E-state index contributed by atoms with van der Waals surface area (Å²) in [6, 6.07) is 9.97. The van der Waals surface area contributed by atoms with Crippen molar-refractivity contribution in [2.24, 2.45) is 0 Å². The topological polar surface area (TPSA) is 87.0 Å². The molecule has 0 aliphatic carbocycles. The van der Waals surface area contributed by atoms with Crippen molar-refractivity contribution in [1.82, 2.24) is 24.7 Å². The molecule has 0 spiro atoms. The van der Waals surface area contributed by atoms with E-state index in [1.54, 1.807) is 36.5 Å². The second-order valence-electron chi connectivity index (χ2n) is 8.38. The number of benzene rings is 2. The monoisotopic (exact) mass is 576 g/mol. The van der Waals surface area contributed by atoms with Gasteiger partial charge in [-0.05, 0) is 12.1 Å². The van der Waals surface area contributed by atoms with Crippen LogP contribution in [0.4, 0.5) is 33.5 Å². The number of rotatable bonds is 8. The molecular formula is C26H18ClF5N6O2. The number of hydrogen-bond acceptors (Lipinski definition) is 7. The Kier molecular flexibility index (Phi) is 7.39. The number of methoxy groups -OCH3 is 1. The van der Waals surface area contributed by atoms with Crippen LogP contribution in [0.5, 0.6) is 11.5 Å². The highest BCUT2D eigenvalue weighted by atomic mass is 35.5. The number of alkyl halides is 3. The number of hydrogen-bond donors (Lipinski definition) is 1. The van der Waals surface area contributed by atoms with Crippen LogP contribution in [0.25, 0.3) is 22.4 Å². The van der Waals surface area contributed by atoms with Gasteiger partial charge in [0.25, 0.3) is 0 Å². The summed E-state index contributed by atoms with van der Waals surface area (Å²) in [5.74, 6) is -1.97. The average Bonchev–Trinajstić information content (AvgIpc) is 3.29. The molecule has 14 heteroatoms. The minimum Gasteiger partial charge on any atom is -0.491 e. The van der Waals surface area contributed by atoms with E-state index in [-0.39, 0.29) is 18.2 Å². The molecule has 1 N–H and O–H groups in total. The quantitative estimate of drug-likeness (QED) is 0.209. The van der Waals surface area contributed by atoms with E-state index < -0.39 is 35.7 Å². The third-order valence-electron chi connectivity index (χ3n) is 5.70.